The van der Waals surface area contributed by atoms with E-state index < -0.39 is 0 Å². The van der Waals surface area contributed by atoms with Gasteiger partial charge in [-0.25, -0.2) is 4.98 Å². The van der Waals surface area contributed by atoms with Gasteiger partial charge in [0.1, 0.15) is 5.82 Å². The van der Waals surface area contributed by atoms with Crippen LogP contribution in [0.3, 0.4) is 0 Å². The lowest BCUT2D eigenvalue weighted by atomic mass is 10.2. The van der Waals surface area contributed by atoms with Gasteiger partial charge >= 0.3 is 0 Å². The Morgan fingerprint density at radius 3 is 2.83 bits per heavy atom. The number of nitrogens with zero attached hydrogens (tertiary/aromatic N) is 3. The molecule has 0 saturated carbocycles. The molecule has 0 aliphatic heterocycles. The molecular weight excluding hydrogens is 224 g/mol. The van der Waals surface area contributed by atoms with Crippen LogP contribution < -0.4 is 5.73 Å². The van der Waals surface area contributed by atoms with E-state index >= 15 is 0 Å². The molecule has 0 fully saturated rings. The molecule has 0 bridgehead atoms. The van der Waals surface area contributed by atoms with Gasteiger partial charge in [0.05, 0.1) is 11.0 Å². The first kappa shape index (κ1) is 10.9. The van der Waals surface area contributed by atoms with Gasteiger partial charge in [-0.2, -0.15) is 0 Å². The summed E-state index contributed by atoms with van der Waals surface area (Å²) >= 11 is 0. The Kier molecular flexibility index (Phi) is 2.57. The number of hydrogen-bond donors (Lipinski definition) is 1. The lowest BCUT2D eigenvalue weighted by molar-refractivity contribution is 0.957. The molecule has 0 amide bonds. The Hall–Kier alpha value is -2.20. The highest BCUT2D eigenvalue weighted by molar-refractivity contribution is 5.83. The van der Waals surface area contributed by atoms with E-state index in [0.717, 1.165) is 28.0 Å². The van der Waals surface area contributed by atoms with E-state index in [-0.39, 0.29) is 0 Å². The molecule has 2 heterocycles. The van der Waals surface area contributed by atoms with Crippen molar-refractivity contribution in [2.24, 2.45) is 12.8 Å². The van der Waals surface area contributed by atoms with E-state index in [4.69, 9.17) is 10.7 Å². The molecule has 3 aromatic rings. The van der Waals surface area contributed by atoms with Crippen molar-refractivity contribution in [3.05, 3.63) is 48.3 Å². The van der Waals surface area contributed by atoms with Crippen molar-refractivity contribution in [2.45, 2.75) is 6.54 Å². The van der Waals surface area contributed by atoms with Crippen LogP contribution in [-0.4, -0.2) is 14.5 Å². The Balaban J connectivity index is 2.29. The lowest BCUT2D eigenvalue weighted by Crippen LogP contribution is -1.97. The predicted molar refractivity (Wildman–Crippen MR) is 71.8 cm³/mol. The Morgan fingerprint density at radius 1 is 1.22 bits per heavy atom. The highest BCUT2D eigenvalue weighted by atomic mass is 15.1. The average Bonchev–Trinajstić information content (AvgIpc) is 2.77. The molecule has 0 unspecified atom stereocenters. The molecule has 1 aromatic carbocycles. The number of aryl methyl sites for hydroxylation is 1. The number of rotatable bonds is 2. The van der Waals surface area contributed by atoms with Crippen LogP contribution in [0.4, 0.5) is 0 Å². The summed E-state index contributed by atoms with van der Waals surface area (Å²) in [7, 11) is 2.01. The third-order valence-corrected chi connectivity index (χ3v) is 3.13. The minimum Gasteiger partial charge on any atom is -0.327 e. The fourth-order valence-corrected chi connectivity index (χ4v) is 2.19. The first-order chi connectivity index (χ1) is 8.81. The maximum atomic E-state index is 5.75. The van der Waals surface area contributed by atoms with Crippen molar-refractivity contribution in [1.29, 1.82) is 0 Å². The summed E-state index contributed by atoms with van der Waals surface area (Å²) in [6, 6.07) is 10.0. The molecule has 0 aliphatic carbocycles. The molecule has 18 heavy (non-hydrogen) atoms. The Labute approximate surface area is 105 Å². The second-order valence-electron chi connectivity index (χ2n) is 4.23. The van der Waals surface area contributed by atoms with Gasteiger partial charge in [0.25, 0.3) is 0 Å². The largest absolute Gasteiger partial charge is 0.327 e. The van der Waals surface area contributed by atoms with Crippen molar-refractivity contribution in [1.82, 2.24) is 14.5 Å². The summed E-state index contributed by atoms with van der Waals surface area (Å²) in [5.74, 6) is 0.916. The quantitative estimate of drug-likeness (QED) is 0.743. The summed E-state index contributed by atoms with van der Waals surface area (Å²) in [6.45, 7) is 0.501. The number of pyridine rings is 1. The second kappa shape index (κ2) is 4.23. The van der Waals surface area contributed by atoms with Gasteiger partial charge < -0.3 is 10.3 Å². The van der Waals surface area contributed by atoms with Gasteiger partial charge in [0.2, 0.25) is 0 Å². The molecule has 4 nitrogen and oxygen atoms in total. The minimum atomic E-state index is 0.501. The van der Waals surface area contributed by atoms with Crippen molar-refractivity contribution in [2.75, 3.05) is 0 Å². The third-order valence-electron chi connectivity index (χ3n) is 3.13. The molecule has 0 saturated heterocycles. The summed E-state index contributed by atoms with van der Waals surface area (Å²) in [5.41, 5.74) is 9.90. The Morgan fingerprint density at radius 2 is 2.11 bits per heavy atom. The van der Waals surface area contributed by atoms with Gasteiger partial charge in [-0.1, -0.05) is 12.1 Å². The summed E-state index contributed by atoms with van der Waals surface area (Å²) < 4.78 is 2.07. The van der Waals surface area contributed by atoms with E-state index in [1.165, 1.54) is 0 Å². The van der Waals surface area contributed by atoms with Gasteiger partial charge in [-0.3, -0.25) is 4.98 Å². The highest BCUT2D eigenvalue weighted by Gasteiger charge is 2.11. The first-order valence-corrected chi connectivity index (χ1v) is 5.86. The fourth-order valence-electron chi connectivity index (χ4n) is 2.19. The molecule has 0 radical (unpaired) electrons. The minimum absolute atomic E-state index is 0.501. The Bertz CT molecular complexity index is 686. The fraction of sp³-hybridized carbons (Fsp3) is 0.143. The molecule has 4 heteroatoms. The maximum Gasteiger partial charge on any atom is 0.142 e. The summed E-state index contributed by atoms with van der Waals surface area (Å²) in [6.07, 6.45) is 3.58. The second-order valence-corrected chi connectivity index (χ2v) is 4.23. The van der Waals surface area contributed by atoms with Crippen LogP contribution >= 0.6 is 0 Å². The monoisotopic (exact) mass is 238 g/mol. The van der Waals surface area contributed by atoms with Crippen molar-refractivity contribution < 1.29 is 0 Å². The number of para-hydroxylation sites is 1. The molecule has 0 aliphatic rings. The zero-order valence-corrected chi connectivity index (χ0v) is 10.2. The van der Waals surface area contributed by atoms with Gasteiger partial charge in [0.15, 0.2) is 0 Å². The van der Waals surface area contributed by atoms with Crippen molar-refractivity contribution >= 4 is 11.0 Å². The van der Waals surface area contributed by atoms with Gasteiger partial charge in [-0.15, -0.1) is 0 Å². The summed E-state index contributed by atoms with van der Waals surface area (Å²) in [4.78, 5) is 8.83. The molecule has 3 rings (SSSR count). The van der Waals surface area contributed by atoms with Crippen LogP contribution in [0.5, 0.6) is 0 Å². The summed E-state index contributed by atoms with van der Waals surface area (Å²) in [5, 5.41) is 0. The van der Waals surface area contributed by atoms with Crippen molar-refractivity contribution in [3.63, 3.8) is 0 Å². The van der Waals surface area contributed by atoms with E-state index in [9.17, 15) is 0 Å². The van der Waals surface area contributed by atoms with Gasteiger partial charge in [-0.05, 0) is 23.8 Å². The van der Waals surface area contributed by atoms with E-state index in [1.54, 1.807) is 6.20 Å². The van der Waals surface area contributed by atoms with E-state index in [1.807, 2.05) is 37.5 Å². The van der Waals surface area contributed by atoms with Crippen LogP contribution in [0.15, 0.2) is 42.7 Å². The highest BCUT2D eigenvalue weighted by Crippen LogP contribution is 2.24. The molecular formula is C14H14N4. The molecule has 2 N–H and O–H groups in total. The number of imidazole rings is 1. The maximum absolute atomic E-state index is 5.75. The SMILES string of the molecule is Cn1c(-c2cccnc2)nc2c(CN)cccc21. The molecule has 0 spiro atoms. The topological polar surface area (TPSA) is 56.7 Å². The number of fused-ring (bicyclic) bond motifs is 1. The van der Waals surface area contributed by atoms with Crippen LogP contribution in [0, 0.1) is 0 Å². The number of aromatic nitrogens is 3. The zero-order chi connectivity index (χ0) is 12.5. The van der Waals surface area contributed by atoms with E-state index in [0.29, 0.717) is 6.54 Å². The standard InChI is InChI=1S/C14H14N4/c1-18-12-6-2-4-10(8-15)13(12)17-14(18)11-5-3-7-16-9-11/h2-7,9H,8,15H2,1H3. The number of benzene rings is 1. The van der Waals surface area contributed by atoms with E-state index in [2.05, 4.69) is 15.6 Å². The normalized spacial score (nSPS) is 11.0. The molecule has 2 aromatic heterocycles. The van der Waals surface area contributed by atoms with Crippen LogP contribution in [0.25, 0.3) is 22.4 Å². The zero-order valence-electron chi connectivity index (χ0n) is 10.2. The lowest BCUT2D eigenvalue weighted by Gasteiger charge is -2.01. The van der Waals surface area contributed by atoms with Crippen LogP contribution in [0.2, 0.25) is 0 Å². The molecule has 90 valence electrons. The number of nitrogens with two attached hydrogens (primary N) is 1. The smallest absolute Gasteiger partial charge is 0.142 e. The molecule has 0 atom stereocenters. The van der Waals surface area contributed by atoms with Crippen molar-refractivity contribution in [3.8, 4) is 11.4 Å². The van der Waals surface area contributed by atoms with Crippen LogP contribution in [0.1, 0.15) is 5.56 Å². The third kappa shape index (κ3) is 1.58. The predicted octanol–water partition coefficient (Wildman–Crippen LogP) is 2.09. The average molecular weight is 238 g/mol. The van der Waals surface area contributed by atoms with Crippen LogP contribution in [-0.2, 0) is 13.6 Å². The van der Waals surface area contributed by atoms with Gasteiger partial charge in [0, 0.05) is 31.5 Å². The first-order valence-electron chi connectivity index (χ1n) is 5.86. The number of hydrogen-bond acceptors (Lipinski definition) is 3.